The van der Waals surface area contributed by atoms with E-state index in [1.54, 1.807) is 12.1 Å². The number of phenols is 1. The Morgan fingerprint density at radius 1 is 0.882 bits per heavy atom. The monoisotopic (exact) mass is 478 g/mol. The molecule has 0 saturated heterocycles. The van der Waals surface area contributed by atoms with Gasteiger partial charge in [-0.05, 0) is 43.4 Å². The van der Waals surface area contributed by atoms with Crippen molar-refractivity contribution in [1.29, 1.82) is 0 Å². The van der Waals surface area contributed by atoms with Crippen LogP contribution in [0.1, 0.15) is 32.8 Å². The lowest BCUT2D eigenvalue weighted by atomic mass is 10.0. The number of carbonyl (C=O) groups is 5. The molecule has 0 fully saturated rings. The van der Waals surface area contributed by atoms with Crippen LogP contribution >= 0.6 is 0 Å². The first-order valence-corrected chi connectivity index (χ1v) is 10.9. The molecule has 0 spiro atoms. The lowest BCUT2D eigenvalue weighted by Crippen LogP contribution is -2.54. The molecule has 0 aromatic heterocycles. The van der Waals surface area contributed by atoms with Gasteiger partial charge in [0.25, 0.3) is 0 Å². The number of amides is 5. The Morgan fingerprint density at radius 2 is 1.47 bits per heavy atom. The van der Waals surface area contributed by atoms with E-state index in [0.29, 0.717) is 6.42 Å². The first kappa shape index (κ1) is 28.4. The largest absolute Gasteiger partial charge is 0.508 e. The van der Waals surface area contributed by atoms with Crippen LogP contribution in [-0.4, -0.2) is 65.9 Å². The minimum atomic E-state index is -0.962. The smallest absolute Gasteiger partial charge is 0.243 e. The highest BCUT2D eigenvalue weighted by Gasteiger charge is 2.24. The van der Waals surface area contributed by atoms with Crippen LogP contribution < -0.4 is 32.7 Å². The fourth-order valence-corrected chi connectivity index (χ4v) is 2.93. The number of rotatable bonds is 13. The van der Waals surface area contributed by atoms with Gasteiger partial charge in [-0.25, -0.2) is 0 Å². The van der Waals surface area contributed by atoms with E-state index in [4.69, 9.17) is 11.5 Å². The van der Waals surface area contributed by atoms with Crippen molar-refractivity contribution < 1.29 is 29.1 Å². The topological polar surface area (TPSA) is 206 Å². The summed E-state index contributed by atoms with van der Waals surface area (Å²) < 4.78 is 0. The van der Waals surface area contributed by atoms with Gasteiger partial charge < -0.3 is 37.8 Å². The minimum Gasteiger partial charge on any atom is -0.508 e. The van der Waals surface area contributed by atoms with Crippen molar-refractivity contribution in [1.82, 2.24) is 21.3 Å². The summed E-state index contributed by atoms with van der Waals surface area (Å²) in [7, 11) is 0. The van der Waals surface area contributed by atoms with E-state index in [-0.39, 0.29) is 24.6 Å². The van der Waals surface area contributed by atoms with Crippen LogP contribution in [0.2, 0.25) is 0 Å². The van der Waals surface area contributed by atoms with E-state index < -0.39 is 54.2 Å². The van der Waals surface area contributed by atoms with E-state index in [9.17, 15) is 29.1 Å². The molecule has 188 valence electrons. The molecule has 0 bridgehead atoms. The molecule has 0 aliphatic rings. The number of benzene rings is 1. The van der Waals surface area contributed by atoms with Gasteiger partial charge in [-0.15, -0.1) is 0 Å². The van der Waals surface area contributed by atoms with Crippen LogP contribution in [0.3, 0.4) is 0 Å². The summed E-state index contributed by atoms with van der Waals surface area (Å²) in [5.41, 5.74) is 11.6. The Morgan fingerprint density at radius 3 is 2.03 bits per heavy atom. The van der Waals surface area contributed by atoms with Crippen LogP contribution in [-0.2, 0) is 30.4 Å². The second-order valence-electron chi connectivity index (χ2n) is 8.36. The molecule has 0 saturated carbocycles. The predicted octanol–water partition coefficient (Wildman–Crippen LogP) is -1.98. The molecular formula is C22H34N6O6. The highest BCUT2D eigenvalue weighted by atomic mass is 16.3. The van der Waals surface area contributed by atoms with Crippen LogP contribution in [0.25, 0.3) is 0 Å². The van der Waals surface area contributed by atoms with Crippen molar-refractivity contribution in [2.45, 2.75) is 51.7 Å². The van der Waals surface area contributed by atoms with Gasteiger partial charge >= 0.3 is 0 Å². The number of carbonyl (C=O) groups excluding carboxylic acids is 5. The first-order valence-electron chi connectivity index (χ1n) is 10.9. The van der Waals surface area contributed by atoms with Crippen molar-refractivity contribution in [2.75, 3.05) is 13.1 Å². The van der Waals surface area contributed by atoms with Crippen molar-refractivity contribution in [2.24, 2.45) is 17.4 Å². The molecule has 3 atom stereocenters. The molecular weight excluding hydrogens is 444 g/mol. The van der Waals surface area contributed by atoms with Gasteiger partial charge in [0, 0.05) is 0 Å². The molecule has 1 aromatic rings. The van der Waals surface area contributed by atoms with Gasteiger partial charge in [-0.1, -0.05) is 26.0 Å². The Bertz CT molecular complexity index is 873. The van der Waals surface area contributed by atoms with E-state index >= 15 is 0 Å². The fourth-order valence-electron chi connectivity index (χ4n) is 2.93. The summed E-state index contributed by atoms with van der Waals surface area (Å²) in [5, 5.41) is 19.0. The van der Waals surface area contributed by atoms with Crippen molar-refractivity contribution in [3.8, 4) is 5.75 Å². The van der Waals surface area contributed by atoms with Crippen LogP contribution in [0, 0.1) is 5.92 Å². The van der Waals surface area contributed by atoms with Gasteiger partial charge in [-0.3, -0.25) is 24.0 Å². The third-order valence-electron chi connectivity index (χ3n) is 4.70. The molecule has 0 radical (unpaired) electrons. The lowest BCUT2D eigenvalue weighted by molar-refractivity contribution is -0.132. The lowest BCUT2D eigenvalue weighted by Gasteiger charge is -2.21. The molecule has 9 N–H and O–H groups in total. The summed E-state index contributed by atoms with van der Waals surface area (Å²) in [4.78, 5) is 59.9. The van der Waals surface area contributed by atoms with Crippen LogP contribution in [0.5, 0.6) is 5.75 Å². The third-order valence-corrected chi connectivity index (χ3v) is 4.70. The Balaban J connectivity index is 2.51. The molecule has 5 amide bonds. The van der Waals surface area contributed by atoms with Crippen molar-refractivity contribution >= 4 is 29.5 Å². The summed E-state index contributed by atoms with van der Waals surface area (Å²) >= 11 is 0. The van der Waals surface area contributed by atoms with E-state index in [2.05, 4.69) is 21.3 Å². The Kier molecular flexibility index (Phi) is 11.5. The maximum absolute atomic E-state index is 12.3. The van der Waals surface area contributed by atoms with Crippen LogP contribution in [0.15, 0.2) is 24.3 Å². The maximum atomic E-state index is 12.3. The molecule has 1 aromatic carbocycles. The van der Waals surface area contributed by atoms with Gasteiger partial charge in [-0.2, -0.15) is 0 Å². The maximum Gasteiger partial charge on any atom is 0.243 e. The number of nitrogens with two attached hydrogens (primary N) is 2. The SMILES string of the molecule is CC(C)C[C@H](NC(=O)CNC(=O)[C@@H](C)NC(=O)[C@H](N)Cc1ccc(O)cc1)C(=O)NCC(N)=O. The summed E-state index contributed by atoms with van der Waals surface area (Å²) in [6, 6.07) is 3.45. The van der Waals surface area contributed by atoms with Gasteiger partial charge in [0.05, 0.1) is 19.1 Å². The molecule has 1 rings (SSSR count). The average molecular weight is 479 g/mol. The normalized spacial score (nSPS) is 13.3. The van der Waals surface area contributed by atoms with Crippen LogP contribution in [0.4, 0.5) is 0 Å². The molecule has 0 heterocycles. The molecule has 0 aliphatic heterocycles. The molecule has 12 heteroatoms. The molecule has 0 aliphatic carbocycles. The van der Waals surface area contributed by atoms with Gasteiger partial charge in [0.15, 0.2) is 0 Å². The second-order valence-corrected chi connectivity index (χ2v) is 8.36. The fraction of sp³-hybridized carbons (Fsp3) is 0.500. The molecule has 0 unspecified atom stereocenters. The van der Waals surface area contributed by atoms with Crippen molar-refractivity contribution in [3.05, 3.63) is 29.8 Å². The Hall–Kier alpha value is -3.67. The number of aromatic hydroxyl groups is 1. The zero-order chi connectivity index (χ0) is 25.8. The number of hydrogen-bond acceptors (Lipinski definition) is 7. The number of primary amides is 1. The summed E-state index contributed by atoms with van der Waals surface area (Å²) in [5.74, 6) is -2.89. The van der Waals surface area contributed by atoms with Gasteiger partial charge in [0.1, 0.15) is 17.8 Å². The molecule has 34 heavy (non-hydrogen) atoms. The van der Waals surface area contributed by atoms with Crippen molar-refractivity contribution in [3.63, 3.8) is 0 Å². The highest BCUT2D eigenvalue weighted by molar-refractivity contribution is 5.93. The molecule has 12 nitrogen and oxygen atoms in total. The van der Waals surface area contributed by atoms with E-state index in [1.807, 2.05) is 13.8 Å². The minimum absolute atomic E-state index is 0.0697. The van der Waals surface area contributed by atoms with Gasteiger partial charge in [0.2, 0.25) is 29.5 Å². The zero-order valence-corrected chi connectivity index (χ0v) is 19.6. The van der Waals surface area contributed by atoms with E-state index in [0.717, 1.165) is 5.56 Å². The standard InChI is InChI=1S/C22H34N6O6/c1-12(2)8-17(22(34)25-10-18(24)30)28-19(31)11-26-20(32)13(3)27-21(33)16(23)9-14-4-6-15(29)7-5-14/h4-7,12-13,16-17,29H,8-11,23H2,1-3H3,(H2,24,30)(H,25,34)(H,26,32)(H,27,33)(H,28,31)/t13-,16-,17+/m1/s1. The Labute approximate surface area is 198 Å². The number of nitrogens with one attached hydrogen (secondary N) is 4. The number of phenolic OH excluding ortho intramolecular Hbond substituents is 1. The first-order chi connectivity index (χ1) is 15.9. The quantitative estimate of drug-likeness (QED) is 0.170. The average Bonchev–Trinajstić information content (AvgIpc) is 2.76. The van der Waals surface area contributed by atoms with E-state index in [1.165, 1.54) is 19.1 Å². The second kappa shape index (κ2) is 13.8. The summed E-state index contributed by atoms with van der Waals surface area (Å²) in [6.45, 7) is 4.39. The summed E-state index contributed by atoms with van der Waals surface area (Å²) in [6.07, 6.45) is 0.521. The zero-order valence-electron chi connectivity index (χ0n) is 19.6. The third kappa shape index (κ3) is 10.8. The number of hydrogen-bond donors (Lipinski definition) is 7. The predicted molar refractivity (Wildman–Crippen MR) is 124 cm³/mol. The highest BCUT2D eigenvalue weighted by Crippen LogP contribution is 2.11.